The highest BCUT2D eigenvalue weighted by Crippen LogP contribution is 2.30. The van der Waals surface area contributed by atoms with Gasteiger partial charge < -0.3 is 9.47 Å². The van der Waals surface area contributed by atoms with Crippen LogP contribution in [-0.2, 0) is 12.8 Å². The van der Waals surface area contributed by atoms with E-state index in [-0.39, 0.29) is 6.10 Å². The Morgan fingerprint density at radius 2 is 1.34 bits per heavy atom. The summed E-state index contributed by atoms with van der Waals surface area (Å²) in [7, 11) is 1.68. The molecule has 32 heavy (non-hydrogen) atoms. The van der Waals surface area contributed by atoms with Gasteiger partial charge in [-0.1, -0.05) is 69.7 Å². The number of pyridine rings is 1. The molecule has 1 heterocycles. The number of methoxy groups -OCH3 is 1. The zero-order chi connectivity index (χ0) is 24.0. The summed E-state index contributed by atoms with van der Waals surface area (Å²) < 4.78 is 11.4. The third-order valence-corrected chi connectivity index (χ3v) is 4.37. The molecule has 0 fully saturated rings. The largest absolute Gasteiger partial charge is 0.493 e. The first kappa shape index (κ1) is 28.8. The summed E-state index contributed by atoms with van der Waals surface area (Å²) in [5, 5.41) is 0. The fourth-order valence-electron chi connectivity index (χ4n) is 2.87. The van der Waals surface area contributed by atoms with Gasteiger partial charge in [-0.25, -0.2) is 0 Å². The predicted octanol–water partition coefficient (Wildman–Crippen LogP) is 7.41. The standard InChI is InChI=1S/C19H25NO2.C6H6.C2H6.C2H2/c1-4-5-15(2)22-19-14-17(8-9-18(19)21-3)7-6-16-10-12-20-13-11-16;1-2-4-6-5-3-1;2*1-2/h8-15H,4-7H2,1-3H3;1-6H;1-2H3;1-2H. The average Bonchev–Trinajstić information content (AvgIpc) is 2.87. The second-order valence-corrected chi connectivity index (χ2v) is 6.71. The molecule has 0 radical (unpaired) electrons. The van der Waals surface area contributed by atoms with Gasteiger partial charge in [0.05, 0.1) is 13.2 Å². The van der Waals surface area contributed by atoms with Gasteiger partial charge in [0, 0.05) is 12.4 Å². The van der Waals surface area contributed by atoms with Gasteiger partial charge in [-0.15, -0.1) is 12.8 Å². The molecule has 0 aliphatic rings. The molecule has 0 saturated heterocycles. The highest BCUT2D eigenvalue weighted by Gasteiger charge is 2.10. The lowest BCUT2D eigenvalue weighted by molar-refractivity contribution is 0.200. The van der Waals surface area contributed by atoms with E-state index in [0.29, 0.717) is 0 Å². The molecule has 0 aliphatic heterocycles. The van der Waals surface area contributed by atoms with Gasteiger partial charge in [0.1, 0.15) is 0 Å². The molecule has 1 atom stereocenters. The van der Waals surface area contributed by atoms with Crippen LogP contribution in [0.25, 0.3) is 0 Å². The Hall–Kier alpha value is -3.25. The maximum absolute atomic E-state index is 6.03. The van der Waals surface area contributed by atoms with E-state index in [1.54, 1.807) is 7.11 Å². The number of hydrogen-bond acceptors (Lipinski definition) is 3. The van der Waals surface area contributed by atoms with E-state index in [0.717, 1.165) is 37.2 Å². The third-order valence-electron chi connectivity index (χ3n) is 4.37. The molecule has 0 saturated carbocycles. The lowest BCUT2D eigenvalue weighted by Crippen LogP contribution is -2.12. The summed E-state index contributed by atoms with van der Waals surface area (Å²) >= 11 is 0. The van der Waals surface area contributed by atoms with Crippen molar-refractivity contribution in [3.8, 4) is 24.3 Å². The van der Waals surface area contributed by atoms with Gasteiger partial charge in [-0.3, -0.25) is 4.98 Å². The second-order valence-electron chi connectivity index (χ2n) is 6.71. The Labute approximate surface area is 195 Å². The molecule has 3 aromatic rings. The highest BCUT2D eigenvalue weighted by atomic mass is 16.5. The molecule has 0 aliphatic carbocycles. The van der Waals surface area contributed by atoms with Crippen LogP contribution in [0, 0.1) is 12.8 Å². The Morgan fingerprint density at radius 3 is 1.84 bits per heavy atom. The molecule has 172 valence electrons. The molecule has 0 N–H and O–H groups in total. The lowest BCUT2D eigenvalue weighted by atomic mass is 10.0. The van der Waals surface area contributed by atoms with Crippen molar-refractivity contribution in [2.75, 3.05) is 7.11 Å². The van der Waals surface area contributed by atoms with E-state index in [4.69, 9.17) is 9.47 Å². The van der Waals surface area contributed by atoms with Gasteiger partial charge in [-0.2, -0.15) is 0 Å². The molecular weight excluding hydrogens is 394 g/mol. The molecule has 1 unspecified atom stereocenters. The number of ether oxygens (including phenoxy) is 2. The van der Waals surface area contributed by atoms with Crippen molar-refractivity contribution >= 4 is 0 Å². The number of nitrogens with zero attached hydrogens (tertiary/aromatic N) is 1. The number of terminal acetylenes is 1. The van der Waals surface area contributed by atoms with Crippen LogP contribution in [0.3, 0.4) is 0 Å². The number of benzene rings is 2. The van der Waals surface area contributed by atoms with Crippen LogP contribution in [0.4, 0.5) is 0 Å². The van der Waals surface area contributed by atoms with E-state index >= 15 is 0 Å². The third kappa shape index (κ3) is 12.4. The van der Waals surface area contributed by atoms with Crippen LogP contribution < -0.4 is 9.47 Å². The summed E-state index contributed by atoms with van der Waals surface area (Å²) in [5.41, 5.74) is 2.56. The normalized spacial score (nSPS) is 9.97. The molecule has 0 spiro atoms. The fourth-order valence-corrected chi connectivity index (χ4v) is 2.87. The lowest BCUT2D eigenvalue weighted by Gasteiger charge is -2.17. The van der Waals surface area contributed by atoms with Gasteiger partial charge in [0.25, 0.3) is 0 Å². The van der Waals surface area contributed by atoms with Crippen molar-refractivity contribution in [3.63, 3.8) is 0 Å². The number of hydrogen-bond donors (Lipinski definition) is 0. The van der Waals surface area contributed by atoms with Crippen molar-refractivity contribution in [1.29, 1.82) is 0 Å². The average molecular weight is 434 g/mol. The molecule has 0 amide bonds. The summed E-state index contributed by atoms with van der Waals surface area (Å²) in [6.07, 6.45) is 16.0. The first-order chi connectivity index (χ1) is 15.7. The first-order valence-corrected chi connectivity index (χ1v) is 11.3. The van der Waals surface area contributed by atoms with Crippen LogP contribution >= 0.6 is 0 Å². The minimum atomic E-state index is 0.203. The molecule has 3 rings (SSSR count). The van der Waals surface area contributed by atoms with E-state index in [1.165, 1.54) is 11.1 Å². The molecule has 0 bridgehead atoms. The van der Waals surface area contributed by atoms with Crippen LogP contribution in [-0.4, -0.2) is 18.2 Å². The monoisotopic (exact) mass is 433 g/mol. The van der Waals surface area contributed by atoms with Gasteiger partial charge >= 0.3 is 0 Å². The van der Waals surface area contributed by atoms with Crippen molar-refractivity contribution in [2.24, 2.45) is 0 Å². The van der Waals surface area contributed by atoms with Crippen LogP contribution in [0.15, 0.2) is 79.1 Å². The Balaban J connectivity index is 0.000000805. The zero-order valence-corrected chi connectivity index (χ0v) is 20.3. The molecule has 1 aromatic heterocycles. The minimum absolute atomic E-state index is 0.203. The van der Waals surface area contributed by atoms with E-state index in [1.807, 2.05) is 68.7 Å². The number of aryl methyl sites for hydroxylation is 2. The maximum atomic E-state index is 6.03. The maximum Gasteiger partial charge on any atom is 0.161 e. The van der Waals surface area contributed by atoms with Crippen LogP contribution in [0.1, 0.15) is 51.7 Å². The highest BCUT2D eigenvalue weighted by molar-refractivity contribution is 5.43. The number of aromatic nitrogens is 1. The van der Waals surface area contributed by atoms with Gasteiger partial charge in [-0.05, 0) is 61.6 Å². The smallest absolute Gasteiger partial charge is 0.161 e. The molecule has 3 heteroatoms. The van der Waals surface area contributed by atoms with Crippen molar-refractivity contribution in [2.45, 2.75) is 59.5 Å². The fraction of sp³-hybridized carbons (Fsp3) is 0.345. The Bertz CT molecular complexity index is 790. The van der Waals surface area contributed by atoms with Crippen LogP contribution in [0.2, 0.25) is 0 Å². The van der Waals surface area contributed by atoms with E-state index < -0.39 is 0 Å². The van der Waals surface area contributed by atoms with Crippen molar-refractivity contribution in [1.82, 2.24) is 4.98 Å². The molecule has 2 aromatic carbocycles. The molecular formula is C29H39NO2. The van der Waals surface area contributed by atoms with E-state index in [2.05, 4.69) is 55.9 Å². The SMILES string of the molecule is C#C.CC.CCCC(C)Oc1cc(CCc2ccncc2)ccc1OC.c1ccccc1. The summed E-state index contributed by atoms with van der Waals surface area (Å²) in [6, 6.07) is 22.3. The minimum Gasteiger partial charge on any atom is -0.493 e. The Morgan fingerprint density at radius 1 is 0.812 bits per heavy atom. The second kappa shape index (κ2) is 19.7. The van der Waals surface area contributed by atoms with Crippen molar-refractivity contribution < 1.29 is 9.47 Å². The van der Waals surface area contributed by atoms with E-state index in [9.17, 15) is 0 Å². The van der Waals surface area contributed by atoms with Gasteiger partial charge in [0.2, 0.25) is 0 Å². The quantitative estimate of drug-likeness (QED) is 0.347. The van der Waals surface area contributed by atoms with Crippen molar-refractivity contribution in [3.05, 3.63) is 90.3 Å². The zero-order valence-electron chi connectivity index (χ0n) is 20.3. The predicted molar refractivity (Wildman–Crippen MR) is 137 cm³/mol. The number of rotatable bonds is 8. The summed E-state index contributed by atoms with van der Waals surface area (Å²) in [4.78, 5) is 4.05. The summed E-state index contributed by atoms with van der Waals surface area (Å²) in [6.45, 7) is 8.27. The van der Waals surface area contributed by atoms with Gasteiger partial charge in [0.15, 0.2) is 11.5 Å². The first-order valence-electron chi connectivity index (χ1n) is 11.3. The Kier molecular flexibility index (Phi) is 17.7. The topological polar surface area (TPSA) is 31.4 Å². The molecule has 3 nitrogen and oxygen atoms in total. The van der Waals surface area contributed by atoms with Crippen LogP contribution in [0.5, 0.6) is 11.5 Å². The summed E-state index contributed by atoms with van der Waals surface area (Å²) in [5.74, 6) is 1.64.